The van der Waals surface area contributed by atoms with Gasteiger partial charge in [0.25, 0.3) is 0 Å². The van der Waals surface area contributed by atoms with E-state index in [4.69, 9.17) is 0 Å². The Hall–Kier alpha value is -0.970. The highest BCUT2D eigenvalue weighted by Crippen LogP contribution is 2.37. The third-order valence-electron chi connectivity index (χ3n) is 3.75. The fraction of sp³-hybridized carbons (Fsp3) is 0.714. The Labute approximate surface area is 120 Å². The predicted molar refractivity (Wildman–Crippen MR) is 83.0 cm³/mol. The summed E-state index contributed by atoms with van der Waals surface area (Å²) in [7, 11) is 0. The number of hydrogen-bond acceptors (Lipinski definition) is 5. The molecule has 1 aliphatic rings. The lowest BCUT2D eigenvalue weighted by Crippen LogP contribution is -2.23. The molecule has 0 saturated heterocycles. The van der Waals surface area contributed by atoms with Crippen molar-refractivity contribution < 1.29 is 0 Å². The molecule has 2 rings (SSSR count). The Morgan fingerprint density at radius 1 is 1.21 bits per heavy atom. The van der Waals surface area contributed by atoms with E-state index < -0.39 is 0 Å². The number of nitrogens with zero attached hydrogens (tertiary/aromatic N) is 2. The van der Waals surface area contributed by atoms with Crippen molar-refractivity contribution in [1.29, 1.82) is 0 Å². The van der Waals surface area contributed by atoms with E-state index in [0.717, 1.165) is 29.9 Å². The SMILES string of the molecule is CCNc1cc(NCC2(C)CCCC2)nc(SC)n1. The second-order valence-corrected chi connectivity index (χ2v) is 6.30. The lowest BCUT2D eigenvalue weighted by atomic mass is 9.89. The zero-order valence-corrected chi connectivity index (χ0v) is 12.9. The molecule has 0 unspecified atom stereocenters. The summed E-state index contributed by atoms with van der Waals surface area (Å²) in [6.07, 6.45) is 7.37. The van der Waals surface area contributed by atoms with Crippen LogP contribution in [0.15, 0.2) is 11.2 Å². The number of hydrogen-bond donors (Lipinski definition) is 2. The van der Waals surface area contributed by atoms with Gasteiger partial charge in [0.05, 0.1) is 0 Å². The van der Waals surface area contributed by atoms with Crippen LogP contribution in [0.4, 0.5) is 11.6 Å². The summed E-state index contributed by atoms with van der Waals surface area (Å²) in [6, 6.07) is 2.00. The molecule has 106 valence electrons. The molecule has 0 aliphatic heterocycles. The number of aromatic nitrogens is 2. The largest absolute Gasteiger partial charge is 0.370 e. The van der Waals surface area contributed by atoms with Gasteiger partial charge in [-0.05, 0) is 31.4 Å². The Kier molecular flexibility index (Phi) is 4.91. The average molecular weight is 280 g/mol. The van der Waals surface area contributed by atoms with Crippen molar-refractivity contribution in [3.8, 4) is 0 Å². The van der Waals surface area contributed by atoms with E-state index in [1.807, 2.05) is 12.3 Å². The molecule has 1 aliphatic carbocycles. The third kappa shape index (κ3) is 4.00. The third-order valence-corrected chi connectivity index (χ3v) is 4.30. The Morgan fingerprint density at radius 2 is 1.84 bits per heavy atom. The Bertz CT molecular complexity index is 416. The monoisotopic (exact) mass is 280 g/mol. The first-order valence-electron chi connectivity index (χ1n) is 7.06. The van der Waals surface area contributed by atoms with Crippen LogP contribution >= 0.6 is 11.8 Å². The van der Waals surface area contributed by atoms with Crippen molar-refractivity contribution in [2.24, 2.45) is 5.41 Å². The molecule has 1 saturated carbocycles. The van der Waals surface area contributed by atoms with E-state index in [9.17, 15) is 0 Å². The van der Waals surface area contributed by atoms with Gasteiger partial charge in [0.15, 0.2) is 5.16 Å². The van der Waals surface area contributed by atoms with Gasteiger partial charge in [0.1, 0.15) is 11.6 Å². The fourth-order valence-electron chi connectivity index (χ4n) is 2.59. The summed E-state index contributed by atoms with van der Waals surface area (Å²) in [6.45, 7) is 6.33. The minimum Gasteiger partial charge on any atom is -0.370 e. The molecule has 0 aromatic carbocycles. The van der Waals surface area contributed by atoms with E-state index in [-0.39, 0.29) is 0 Å². The summed E-state index contributed by atoms with van der Waals surface area (Å²) < 4.78 is 0. The first kappa shape index (κ1) is 14.4. The van der Waals surface area contributed by atoms with Gasteiger partial charge in [-0.1, -0.05) is 31.5 Å². The molecule has 0 amide bonds. The molecule has 2 N–H and O–H groups in total. The zero-order valence-electron chi connectivity index (χ0n) is 12.1. The average Bonchev–Trinajstić information content (AvgIpc) is 2.84. The molecule has 5 heteroatoms. The quantitative estimate of drug-likeness (QED) is 0.615. The first-order chi connectivity index (χ1) is 9.15. The van der Waals surface area contributed by atoms with Crippen molar-refractivity contribution in [3.63, 3.8) is 0 Å². The van der Waals surface area contributed by atoms with Gasteiger partial charge in [-0.2, -0.15) is 0 Å². The van der Waals surface area contributed by atoms with Crippen LogP contribution in [0.25, 0.3) is 0 Å². The first-order valence-corrected chi connectivity index (χ1v) is 8.28. The van der Waals surface area contributed by atoms with Gasteiger partial charge in [-0.25, -0.2) is 9.97 Å². The molecule has 4 nitrogen and oxygen atoms in total. The highest BCUT2D eigenvalue weighted by molar-refractivity contribution is 7.98. The molecule has 0 radical (unpaired) electrons. The molecule has 1 aromatic heterocycles. The number of anilines is 2. The van der Waals surface area contributed by atoms with Crippen LogP contribution in [0.1, 0.15) is 39.5 Å². The Morgan fingerprint density at radius 3 is 2.42 bits per heavy atom. The van der Waals surface area contributed by atoms with Crippen LogP contribution in [0.5, 0.6) is 0 Å². The summed E-state index contributed by atoms with van der Waals surface area (Å²) in [4.78, 5) is 8.97. The molecule has 1 fully saturated rings. The summed E-state index contributed by atoms with van der Waals surface area (Å²) in [5.41, 5.74) is 0.433. The minimum atomic E-state index is 0.433. The van der Waals surface area contributed by atoms with Crippen molar-refractivity contribution in [2.75, 3.05) is 30.0 Å². The van der Waals surface area contributed by atoms with E-state index in [1.165, 1.54) is 25.7 Å². The van der Waals surface area contributed by atoms with Crippen LogP contribution in [0.2, 0.25) is 0 Å². The van der Waals surface area contributed by atoms with E-state index in [0.29, 0.717) is 5.41 Å². The zero-order chi connectivity index (χ0) is 13.7. The topological polar surface area (TPSA) is 49.8 Å². The maximum Gasteiger partial charge on any atom is 0.191 e. The fourth-order valence-corrected chi connectivity index (χ4v) is 2.97. The van der Waals surface area contributed by atoms with Crippen LogP contribution in [0.3, 0.4) is 0 Å². The van der Waals surface area contributed by atoms with Gasteiger partial charge < -0.3 is 10.6 Å². The lowest BCUT2D eigenvalue weighted by Gasteiger charge is -2.24. The minimum absolute atomic E-state index is 0.433. The second kappa shape index (κ2) is 6.46. The summed E-state index contributed by atoms with van der Waals surface area (Å²) in [5.74, 6) is 1.84. The number of rotatable bonds is 6. The highest BCUT2D eigenvalue weighted by Gasteiger charge is 2.28. The molecule has 0 spiro atoms. The van der Waals surface area contributed by atoms with E-state index in [1.54, 1.807) is 11.8 Å². The molecular weight excluding hydrogens is 256 g/mol. The predicted octanol–water partition coefficient (Wildman–Crippen LogP) is 3.62. The molecule has 1 heterocycles. The normalized spacial score (nSPS) is 17.4. The molecule has 0 atom stereocenters. The van der Waals surface area contributed by atoms with Crippen LogP contribution in [-0.2, 0) is 0 Å². The Balaban J connectivity index is 2.04. The molecular formula is C14H24N4S. The second-order valence-electron chi connectivity index (χ2n) is 5.53. The number of thioether (sulfide) groups is 1. The molecule has 0 bridgehead atoms. The van der Waals surface area contributed by atoms with Gasteiger partial charge in [-0.15, -0.1) is 0 Å². The van der Waals surface area contributed by atoms with Gasteiger partial charge in [0, 0.05) is 19.2 Å². The van der Waals surface area contributed by atoms with Crippen LogP contribution in [0, 0.1) is 5.41 Å². The van der Waals surface area contributed by atoms with Crippen LogP contribution in [-0.4, -0.2) is 29.3 Å². The van der Waals surface area contributed by atoms with Gasteiger partial charge in [-0.3, -0.25) is 0 Å². The molecule has 19 heavy (non-hydrogen) atoms. The smallest absolute Gasteiger partial charge is 0.191 e. The summed E-state index contributed by atoms with van der Waals surface area (Å²) in [5, 5.41) is 7.57. The van der Waals surface area contributed by atoms with Crippen molar-refractivity contribution >= 4 is 23.4 Å². The molecule has 1 aromatic rings. The van der Waals surface area contributed by atoms with Crippen molar-refractivity contribution in [2.45, 2.75) is 44.7 Å². The van der Waals surface area contributed by atoms with Crippen molar-refractivity contribution in [1.82, 2.24) is 9.97 Å². The highest BCUT2D eigenvalue weighted by atomic mass is 32.2. The lowest BCUT2D eigenvalue weighted by molar-refractivity contribution is 0.361. The summed E-state index contributed by atoms with van der Waals surface area (Å²) >= 11 is 1.58. The van der Waals surface area contributed by atoms with E-state index >= 15 is 0 Å². The van der Waals surface area contributed by atoms with Crippen LogP contribution < -0.4 is 10.6 Å². The van der Waals surface area contributed by atoms with E-state index in [2.05, 4.69) is 34.4 Å². The standard InChI is InChI=1S/C14H24N4S/c1-4-15-11-9-12(18-13(17-11)19-3)16-10-14(2)7-5-6-8-14/h9H,4-8,10H2,1-3H3,(H2,15,16,17,18). The number of nitrogens with one attached hydrogen (secondary N) is 2. The maximum absolute atomic E-state index is 4.53. The van der Waals surface area contributed by atoms with Crippen molar-refractivity contribution in [3.05, 3.63) is 6.07 Å². The maximum atomic E-state index is 4.53. The van der Waals surface area contributed by atoms with Gasteiger partial charge in [0.2, 0.25) is 0 Å². The van der Waals surface area contributed by atoms with Gasteiger partial charge >= 0.3 is 0 Å².